The van der Waals surface area contributed by atoms with Gasteiger partial charge < -0.3 is 10.2 Å². The maximum atomic E-state index is 12.6. The summed E-state index contributed by atoms with van der Waals surface area (Å²) in [6.07, 6.45) is 3.15. The summed E-state index contributed by atoms with van der Waals surface area (Å²) in [6.45, 7) is 0.602. The molecule has 114 valence electrons. The van der Waals surface area contributed by atoms with Crippen molar-refractivity contribution in [1.82, 2.24) is 9.88 Å². The lowest BCUT2D eigenvalue weighted by Crippen LogP contribution is -2.43. The first kappa shape index (κ1) is 15.2. The van der Waals surface area contributed by atoms with Crippen LogP contribution in [0.5, 0.6) is 0 Å². The van der Waals surface area contributed by atoms with E-state index in [1.807, 2.05) is 12.1 Å². The van der Waals surface area contributed by atoms with Gasteiger partial charge in [-0.1, -0.05) is 15.9 Å². The average molecular weight is 380 g/mol. The van der Waals surface area contributed by atoms with Crippen LogP contribution in [0.25, 0.3) is 0 Å². The minimum atomic E-state index is -0.431. The summed E-state index contributed by atoms with van der Waals surface area (Å²) in [4.78, 5) is 30.6. The molecule has 1 atom stereocenters. The molecule has 3 rings (SSSR count). The summed E-state index contributed by atoms with van der Waals surface area (Å²) >= 11 is 4.72. The topological polar surface area (TPSA) is 62.3 Å². The van der Waals surface area contributed by atoms with Crippen LogP contribution in [0, 0.1) is 0 Å². The number of hydrogen-bond donors (Lipinski definition) is 1. The van der Waals surface area contributed by atoms with Gasteiger partial charge in [0.1, 0.15) is 6.04 Å². The Kier molecular flexibility index (Phi) is 4.54. The molecular formula is C15H14BrN3O2S. The quantitative estimate of drug-likeness (QED) is 0.890. The highest BCUT2D eigenvalue weighted by molar-refractivity contribution is 9.10. The monoisotopic (exact) mass is 379 g/mol. The van der Waals surface area contributed by atoms with Crippen LogP contribution >= 0.6 is 27.3 Å². The second-order valence-electron chi connectivity index (χ2n) is 4.99. The highest BCUT2D eigenvalue weighted by Crippen LogP contribution is 2.23. The van der Waals surface area contributed by atoms with Crippen LogP contribution in [0.2, 0.25) is 0 Å². The van der Waals surface area contributed by atoms with Gasteiger partial charge in [0.15, 0.2) is 5.13 Å². The molecule has 0 spiro atoms. The van der Waals surface area contributed by atoms with Crippen LogP contribution in [0.3, 0.4) is 0 Å². The molecule has 1 aromatic heterocycles. The molecule has 0 radical (unpaired) electrons. The van der Waals surface area contributed by atoms with Crippen molar-refractivity contribution in [1.29, 1.82) is 0 Å². The number of carbonyl (C=O) groups excluding carboxylic acids is 2. The molecular weight excluding hydrogens is 366 g/mol. The Bertz CT molecular complexity index is 673. The second-order valence-corrected chi connectivity index (χ2v) is 6.80. The number of nitrogens with one attached hydrogen (secondary N) is 1. The van der Waals surface area contributed by atoms with E-state index in [1.165, 1.54) is 11.3 Å². The number of carbonyl (C=O) groups is 2. The number of benzene rings is 1. The molecule has 1 saturated heterocycles. The molecule has 1 aliphatic rings. The van der Waals surface area contributed by atoms with Crippen LogP contribution in [-0.2, 0) is 4.79 Å². The Morgan fingerprint density at radius 3 is 2.77 bits per heavy atom. The van der Waals surface area contributed by atoms with E-state index in [2.05, 4.69) is 26.2 Å². The average Bonchev–Trinajstić information content (AvgIpc) is 3.18. The minimum Gasteiger partial charge on any atom is -0.327 e. The predicted molar refractivity (Wildman–Crippen MR) is 88.9 cm³/mol. The minimum absolute atomic E-state index is 0.107. The molecule has 0 aliphatic carbocycles. The fourth-order valence-electron chi connectivity index (χ4n) is 2.51. The number of thiazole rings is 1. The lowest BCUT2D eigenvalue weighted by Gasteiger charge is -2.23. The molecule has 1 aromatic carbocycles. The van der Waals surface area contributed by atoms with Crippen LogP contribution < -0.4 is 5.32 Å². The third-order valence-corrected chi connectivity index (χ3v) is 4.79. The molecule has 5 nitrogen and oxygen atoms in total. The Labute approximate surface area is 140 Å². The van der Waals surface area contributed by atoms with Gasteiger partial charge >= 0.3 is 0 Å². The Hall–Kier alpha value is -1.73. The summed E-state index contributed by atoms with van der Waals surface area (Å²) in [5, 5.41) is 5.14. The molecule has 1 aliphatic heterocycles. The van der Waals surface area contributed by atoms with Crippen molar-refractivity contribution in [2.45, 2.75) is 18.9 Å². The van der Waals surface area contributed by atoms with Gasteiger partial charge in [0.2, 0.25) is 5.91 Å². The van der Waals surface area contributed by atoms with Crippen molar-refractivity contribution in [3.63, 3.8) is 0 Å². The van der Waals surface area contributed by atoms with Gasteiger partial charge in [-0.15, -0.1) is 11.3 Å². The van der Waals surface area contributed by atoms with E-state index in [4.69, 9.17) is 0 Å². The number of halogens is 1. The van der Waals surface area contributed by atoms with E-state index in [1.54, 1.807) is 28.6 Å². The number of anilines is 1. The summed E-state index contributed by atoms with van der Waals surface area (Å²) in [5.41, 5.74) is 0.595. The van der Waals surface area contributed by atoms with E-state index in [0.717, 1.165) is 10.9 Å². The summed E-state index contributed by atoms with van der Waals surface area (Å²) < 4.78 is 0.920. The van der Waals surface area contributed by atoms with Crippen LogP contribution in [-0.4, -0.2) is 34.3 Å². The molecule has 0 unspecified atom stereocenters. The van der Waals surface area contributed by atoms with E-state index < -0.39 is 6.04 Å². The van der Waals surface area contributed by atoms with Crippen molar-refractivity contribution in [2.24, 2.45) is 0 Å². The SMILES string of the molecule is O=C(Nc1nccs1)[C@H]1CCCN1C(=O)c1ccc(Br)cc1. The molecule has 22 heavy (non-hydrogen) atoms. The highest BCUT2D eigenvalue weighted by atomic mass is 79.9. The largest absolute Gasteiger partial charge is 0.327 e. The Balaban J connectivity index is 1.73. The predicted octanol–water partition coefficient (Wildman–Crippen LogP) is 3.15. The standard InChI is InChI=1S/C15H14BrN3O2S/c16-11-5-3-10(4-6-11)14(21)19-8-1-2-12(19)13(20)18-15-17-7-9-22-15/h3-7,9,12H,1-2,8H2,(H,17,18,20)/t12-/m1/s1. The molecule has 1 N–H and O–H groups in total. The highest BCUT2D eigenvalue weighted by Gasteiger charge is 2.34. The molecule has 0 bridgehead atoms. The summed E-state index contributed by atoms with van der Waals surface area (Å²) in [5.74, 6) is -0.276. The zero-order chi connectivity index (χ0) is 15.5. The van der Waals surface area contributed by atoms with Gasteiger partial charge in [-0.3, -0.25) is 9.59 Å². The fraction of sp³-hybridized carbons (Fsp3) is 0.267. The lowest BCUT2D eigenvalue weighted by atomic mass is 10.1. The van der Waals surface area contributed by atoms with Gasteiger partial charge in [-0.2, -0.15) is 0 Å². The van der Waals surface area contributed by atoms with Crippen LogP contribution in [0.15, 0.2) is 40.3 Å². The van der Waals surface area contributed by atoms with Crippen molar-refractivity contribution < 1.29 is 9.59 Å². The van der Waals surface area contributed by atoms with Crippen molar-refractivity contribution in [3.8, 4) is 0 Å². The molecule has 0 saturated carbocycles. The number of nitrogens with zero attached hydrogens (tertiary/aromatic N) is 2. The summed E-state index contributed by atoms with van der Waals surface area (Å²) in [7, 11) is 0. The number of amides is 2. The number of rotatable bonds is 3. The lowest BCUT2D eigenvalue weighted by molar-refractivity contribution is -0.119. The van der Waals surface area contributed by atoms with E-state index in [-0.39, 0.29) is 11.8 Å². The van der Waals surface area contributed by atoms with Crippen molar-refractivity contribution in [3.05, 3.63) is 45.9 Å². The molecule has 7 heteroatoms. The number of hydrogen-bond acceptors (Lipinski definition) is 4. The number of likely N-dealkylation sites (tertiary alicyclic amines) is 1. The van der Waals surface area contributed by atoms with Crippen LogP contribution in [0.1, 0.15) is 23.2 Å². The van der Waals surface area contributed by atoms with Gasteiger partial charge in [-0.25, -0.2) is 4.98 Å². The molecule has 1 fully saturated rings. The van der Waals surface area contributed by atoms with E-state index >= 15 is 0 Å². The van der Waals surface area contributed by atoms with Crippen LogP contribution in [0.4, 0.5) is 5.13 Å². The Morgan fingerprint density at radius 1 is 1.32 bits per heavy atom. The van der Waals surface area contributed by atoms with E-state index in [9.17, 15) is 9.59 Å². The van der Waals surface area contributed by atoms with E-state index in [0.29, 0.717) is 23.7 Å². The van der Waals surface area contributed by atoms with Gasteiger partial charge in [0.05, 0.1) is 0 Å². The number of aromatic nitrogens is 1. The fourth-order valence-corrected chi connectivity index (χ4v) is 3.31. The molecule has 2 heterocycles. The summed E-state index contributed by atoms with van der Waals surface area (Å²) in [6, 6.07) is 6.75. The Morgan fingerprint density at radius 2 is 2.09 bits per heavy atom. The maximum absolute atomic E-state index is 12.6. The second kappa shape index (κ2) is 6.58. The normalized spacial score (nSPS) is 17.5. The molecule has 2 amide bonds. The first-order valence-corrected chi connectivity index (χ1v) is 8.59. The zero-order valence-corrected chi connectivity index (χ0v) is 14.1. The van der Waals surface area contributed by atoms with Gasteiger partial charge in [-0.05, 0) is 37.1 Å². The smallest absolute Gasteiger partial charge is 0.254 e. The first-order chi connectivity index (χ1) is 10.6. The van der Waals surface area contributed by atoms with Crippen molar-refractivity contribution >= 4 is 44.2 Å². The first-order valence-electron chi connectivity index (χ1n) is 6.92. The zero-order valence-electron chi connectivity index (χ0n) is 11.7. The maximum Gasteiger partial charge on any atom is 0.254 e. The molecule has 2 aromatic rings. The van der Waals surface area contributed by atoms with Crippen molar-refractivity contribution in [2.75, 3.05) is 11.9 Å². The van der Waals surface area contributed by atoms with Gasteiger partial charge in [0.25, 0.3) is 5.91 Å². The third-order valence-electron chi connectivity index (χ3n) is 3.57. The third kappa shape index (κ3) is 3.20. The van der Waals surface area contributed by atoms with Gasteiger partial charge in [0, 0.05) is 28.2 Å².